The molecule has 3 N–H and O–H groups in total. The van der Waals surface area contributed by atoms with E-state index in [1.54, 1.807) is 29.5 Å². The van der Waals surface area contributed by atoms with E-state index in [1.165, 1.54) is 10.9 Å². The fourth-order valence-electron chi connectivity index (χ4n) is 2.41. The first-order valence-corrected chi connectivity index (χ1v) is 9.30. The predicted octanol–water partition coefficient (Wildman–Crippen LogP) is 4.07. The number of hydrogen-bond donors (Lipinski definition) is 3. The Morgan fingerprint density at radius 2 is 1.96 bits per heavy atom. The lowest BCUT2D eigenvalue weighted by Crippen LogP contribution is -2.40. The van der Waals surface area contributed by atoms with Crippen molar-refractivity contribution in [1.82, 2.24) is 10.6 Å². The molecule has 2 rings (SSSR count). The highest BCUT2D eigenvalue weighted by atomic mass is 127. The van der Waals surface area contributed by atoms with Crippen LogP contribution in [-0.2, 0) is 5.41 Å². The molecule has 1 aromatic carbocycles. The summed E-state index contributed by atoms with van der Waals surface area (Å²) >= 11 is 1.72. The molecule has 0 spiro atoms. The van der Waals surface area contributed by atoms with Gasteiger partial charge in [-0.15, -0.1) is 35.3 Å². The van der Waals surface area contributed by atoms with Crippen molar-refractivity contribution in [3.63, 3.8) is 0 Å². The molecule has 1 heterocycles. The quantitative estimate of drug-likeness (QED) is 0.311. The van der Waals surface area contributed by atoms with Crippen LogP contribution in [0, 0.1) is 5.82 Å². The number of halogens is 2. The number of hydrogen-bond acceptors (Lipinski definition) is 3. The average Bonchev–Trinajstić information content (AvgIpc) is 3.13. The minimum absolute atomic E-state index is 0. The van der Waals surface area contributed by atoms with E-state index in [2.05, 4.69) is 40.9 Å². The molecule has 0 aliphatic rings. The van der Waals surface area contributed by atoms with Crippen LogP contribution in [0.15, 0.2) is 46.8 Å². The monoisotopic (exact) mass is 491 g/mol. The van der Waals surface area contributed by atoms with Crippen LogP contribution in [0.2, 0.25) is 0 Å². The summed E-state index contributed by atoms with van der Waals surface area (Å²) in [6.45, 7) is 7.79. The van der Waals surface area contributed by atoms with Crippen molar-refractivity contribution in [2.45, 2.75) is 32.3 Å². The summed E-state index contributed by atoms with van der Waals surface area (Å²) < 4.78 is 13.7. The van der Waals surface area contributed by atoms with Gasteiger partial charge in [0.2, 0.25) is 0 Å². The number of nitrogens with zero attached hydrogens (tertiary/aromatic N) is 1. The van der Waals surface area contributed by atoms with E-state index in [0.29, 0.717) is 19.0 Å². The fraction of sp³-hybridized carbons (Fsp3) is 0.421. The standard InChI is InChI=1S/C19H26FN3OS.HI/c1-4-21-18(23-13-19(2,3)17-10-7-11-25-17)22-12-16(24)14-8-5-6-9-15(14)20;/h5-11,16,24H,4,12-13H2,1-3H3,(H2,21,22,23);1H. The maximum Gasteiger partial charge on any atom is 0.191 e. The molecule has 0 aliphatic heterocycles. The van der Waals surface area contributed by atoms with Crippen LogP contribution >= 0.6 is 35.3 Å². The zero-order valence-corrected chi connectivity index (χ0v) is 18.5. The third-order valence-electron chi connectivity index (χ3n) is 3.89. The molecule has 1 atom stereocenters. The summed E-state index contributed by atoms with van der Waals surface area (Å²) in [4.78, 5) is 5.90. The number of nitrogens with one attached hydrogen (secondary N) is 2. The van der Waals surface area contributed by atoms with Crippen LogP contribution in [-0.4, -0.2) is 30.7 Å². The van der Waals surface area contributed by atoms with Gasteiger partial charge in [0.1, 0.15) is 5.82 Å². The third-order valence-corrected chi connectivity index (χ3v) is 5.13. The molecular weight excluding hydrogens is 464 g/mol. The predicted molar refractivity (Wildman–Crippen MR) is 118 cm³/mol. The van der Waals surface area contributed by atoms with Gasteiger partial charge in [0.25, 0.3) is 0 Å². The van der Waals surface area contributed by atoms with E-state index >= 15 is 0 Å². The fourth-order valence-corrected chi connectivity index (χ4v) is 3.25. The number of benzene rings is 1. The van der Waals surface area contributed by atoms with Crippen LogP contribution < -0.4 is 10.6 Å². The Bertz CT molecular complexity index is 692. The lowest BCUT2D eigenvalue weighted by atomic mass is 9.92. The Labute approximate surface area is 176 Å². The van der Waals surface area contributed by atoms with Gasteiger partial charge in [0.15, 0.2) is 5.96 Å². The van der Waals surface area contributed by atoms with Gasteiger partial charge in [-0.05, 0) is 24.4 Å². The van der Waals surface area contributed by atoms with Crippen LogP contribution in [0.4, 0.5) is 4.39 Å². The molecule has 0 aliphatic carbocycles. The highest BCUT2D eigenvalue weighted by molar-refractivity contribution is 14.0. The molecule has 1 unspecified atom stereocenters. The molecule has 0 saturated heterocycles. The second-order valence-electron chi connectivity index (χ2n) is 6.47. The second kappa shape index (κ2) is 10.8. The van der Waals surface area contributed by atoms with Crippen molar-refractivity contribution in [1.29, 1.82) is 0 Å². The van der Waals surface area contributed by atoms with Crippen molar-refractivity contribution in [3.8, 4) is 0 Å². The summed E-state index contributed by atoms with van der Waals surface area (Å²) in [6.07, 6.45) is -0.935. The maximum atomic E-state index is 13.7. The second-order valence-corrected chi connectivity index (χ2v) is 7.42. The zero-order valence-electron chi connectivity index (χ0n) is 15.3. The van der Waals surface area contributed by atoms with Gasteiger partial charge in [0, 0.05) is 28.9 Å². The summed E-state index contributed by atoms with van der Waals surface area (Å²) in [5, 5.41) is 18.5. The number of guanidine groups is 1. The normalized spacial score (nSPS) is 13.0. The van der Waals surface area contributed by atoms with Crippen molar-refractivity contribution < 1.29 is 9.50 Å². The third kappa shape index (κ3) is 6.51. The summed E-state index contributed by atoms with van der Waals surface area (Å²) in [6, 6.07) is 10.4. The van der Waals surface area contributed by atoms with Crippen LogP contribution in [0.5, 0.6) is 0 Å². The van der Waals surface area contributed by atoms with E-state index in [-0.39, 0.29) is 41.5 Å². The minimum atomic E-state index is -0.935. The van der Waals surface area contributed by atoms with Crippen molar-refractivity contribution in [2.75, 3.05) is 19.6 Å². The molecular formula is C19H27FIN3OS. The Balaban J connectivity index is 0.00000338. The molecule has 0 fully saturated rings. The van der Waals surface area contributed by atoms with Crippen molar-refractivity contribution in [3.05, 3.63) is 58.0 Å². The molecule has 0 radical (unpaired) electrons. The van der Waals surface area contributed by atoms with Gasteiger partial charge < -0.3 is 15.7 Å². The molecule has 1 aromatic heterocycles. The number of aliphatic hydroxyl groups excluding tert-OH is 1. The van der Waals surface area contributed by atoms with Crippen molar-refractivity contribution in [2.24, 2.45) is 4.99 Å². The van der Waals surface area contributed by atoms with Crippen molar-refractivity contribution >= 4 is 41.3 Å². The SMILES string of the molecule is CCNC(=NCC(C)(C)c1cccs1)NCC(O)c1ccccc1F.I. The zero-order chi connectivity index (χ0) is 18.3. The topological polar surface area (TPSA) is 56.7 Å². The van der Waals surface area contributed by atoms with Gasteiger partial charge in [-0.1, -0.05) is 38.1 Å². The van der Waals surface area contributed by atoms with Gasteiger partial charge >= 0.3 is 0 Å². The molecule has 0 saturated carbocycles. The average molecular weight is 491 g/mol. The maximum absolute atomic E-state index is 13.7. The number of rotatable bonds is 7. The molecule has 2 aromatic rings. The highest BCUT2D eigenvalue weighted by Crippen LogP contribution is 2.27. The first-order valence-electron chi connectivity index (χ1n) is 8.42. The Morgan fingerprint density at radius 3 is 2.58 bits per heavy atom. The minimum Gasteiger partial charge on any atom is -0.386 e. The van der Waals surface area contributed by atoms with E-state index in [9.17, 15) is 9.50 Å². The summed E-state index contributed by atoms with van der Waals surface area (Å²) in [7, 11) is 0. The number of thiophene rings is 1. The van der Waals surface area contributed by atoms with Crippen LogP contribution in [0.3, 0.4) is 0 Å². The Morgan fingerprint density at radius 1 is 1.23 bits per heavy atom. The van der Waals surface area contributed by atoms with Gasteiger partial charge in [-0.3, -0.25) is 4.99 Å². The Kier molecular flexibility index (Phi) is 9.52. The van der Waals surface area contributed by atoms with Gasteiger partial charge in [-0.25, -0.2) is 4.39 Å². The highest BCUT2D eigenvalue weighted by Gasteiger charge is 2.21. The molecule has 26 heavy (non-hydrogen) atoms. The Hall–Kier alpha value is -1.19. The molecule has 0 bridgehead atoms. The molecule has 144 valence electrons. The largest absolute Gasteiger partial charge is 0.386 e. The lowest BCUT2D eigenvalue weighted by Gasteiger charge is -2.22. The van der Waals surface area contributed by atoms with Gasteiger partial charge in [-0.2, -0.15) is 0 Å². The van der Waals surface area contributed by atoms with E-state index in [0.717, 1.165) is 0 Å². The van der Waals surface area contributed by atoms with E-state index in [1.807, 2.05) is 13.0 Å². The van der Waals surface area contributed by atoms with E-state index < -0.39 is 11.9 Å². The summed E-state index contributed by atoms with van der Waals surface area (Å²) in [5.41, 5.74) is 0.213. The van der Waals surface area contributed by atoms with Gasteiger partial charge in [0.05, 0.1) is 12.6 Å². The smallest absolute Gasteiger partial charge is 0.191 e. The molecule has 4 nitrogen and oxygen atoms in total. The molecule has 0 amide bonds. The first kappa shape index (κ1) is 22.9. The summed E-state index contributed by atoms with van der Waals surface area (Å²) in [5.74, 6) is 0.208. The first-order chi connectivity index (χ1) is 11.9. The number of aliphatic imine (C=N–C) groups is 1. The number of aliphatic hydroxyl groups is 1. The molecule has 7 heteroatoms. The van der Waals surface area contributed by atoms with Crippen LogP contribution in [0.1, 0.15) is 37.3 Å². The van der Waals surface area contributed by atoms with E-state index in [4.69, 9.17) is 0 Å². The lowest BCUT2D eigenvalue weighted by molar-refractivity contribution is 0.176. The van der Waals surface area contributed by atoms with Crippen LogP contribution in [0.25, 0.3) is 0 Å².